The van der Waals surface area contributed by atoms with E-state index < -0.39 is 11.9 Å². The SMILES string of the molecule is COC(C)CC1C(=O)OC(=O)C1C. The summed E-state index contributed by atoms with van der Waals surface area (Å²) < 4.78 is 9.52. The van der Waals surface area contributed by atoms with Gasteiger partial charge in [-0.15, -0.1) is 0 Å². The Morgan fingerprint density at radius 2 is 2.08 bits per heavy atom. The van der Waals surface area contributed by atoms with Gasteiger partial charge in [-0.05, 0) is 13.3 Å². The number of ether oxygens (including phenoxy) is 2. The molecule has 1 saturated heterocycles. The maximum atomic E-state index is 11.1. The van der Waals surface area contributed by atoms with Gasteiger partial charge in [0, 0.05) is 7.11 Å². The van der Waals surface area contributed by atoms with Gasteiger partial charge in [-0.3, -0.25) is 9.59 Å². The fourth-order valence-electron chi connectivity index (χ4n) is 1.39. The van der Waals surface area contributed by atoms with Crippen LogP contribution in [0.3, 0.4) is 0 Å². The molecule has 1 rings (SSSR count). The predicted molar refractivity (Wildman–Crippen MR) is 44.8 cm³/mol. The number of methoxy groups -OCH3 is 1. The van der Waals surface area contributed by atoms with Crippen LogP contribution in [0.1, 0.15) is 20.3 Å². The molecule has 0 aromatic carbocycles. The van der Waals surface area contributed by atoms with Crippen LogP contribution in [0, 0.1) is 11.8 Å². The highest BCUT2D eigenvalue weighted by atomic mass is 16.6. The highest BCUT2D eigenvalue weighted by molar-refractivity contribution is 5.96. The second-order valence-corrected chi connectivity index (χ2v) is 3.42. The summed E-state index contributed by atoms with van der Waals surface area (Å²) in [6, 6.07) is 0. The van der Waals surface area contributed by atoms with E-state index in [4.69, 9.17) is 4.74 Å². The molecule has 0 bridgehead atoms. The van der Waals surface area contributed by atoms with Crippen molar-refractivity contribution >= 4 is 11.9 Å². The summed E-state index contributed by atoms with van der Waals surface area (Å²) in [5.41, 5.74) is 0. The topological polar surface area (TPSA) is 52.6 Å². The van der Waals surface area contributed by atoms with Crippen molar-refractivity contribution in [1.29, 1.82) is 0 Å². The molecule has 0 saturated carbocycles. The molecule has 3 atom stereocenters. The minimum absolute atomic E-state index is 0.0223. The number of rotatable bonds is 3. The van der Waals surface area contributed by atoms with E-state index in [9.17, 15) is 9.59 Å². The summed E-state index contributed by atoms with van der Waals surface area (Å²) in [7, 11) is 1.58. The summed E-state index contributed by atoms with van der Waals surface area (Å²) in [4.78, 5) is 22.1. The first-order valence-electron chi connectivity index (χ1n) is 4.34. The van der Waals surface area contributed by atoms with Crippen LogP contribution in [-0.4, -0.2) is 25.2 Å². The Morgan fingerprint density at radius 3 is 2.46 bits per heavy atom. The lowest BCUT2D eigenvalue weighted by molar-refractivity contribution is -0.153. The maximum absolute atomic E-state index is 11.1. The molecule has 1 aliphatic rings. The molecule has 4 nitrogen and oxygen atoms in total. The van der Waals surface area contributed by atoms with Gasteiger partial charge in [0.05, 0.1) is 17.9 Å². The van der Waals surface area contributed by atoms with E-state index in [1.54, 1.807) is 14.0 Å². The zero-order chi connectivity index (χ0) is 10.0. The minimum atomic E-state index is -0.418. The van der Waals surface area contributed by atoms with E-state index in [-0.39, 0.29) is 17.9 Å². The van der Waals surface area contributed by atoms with Crippen molar-refractivity contribution in [2.75, 3.05) is 7.11 Å². The fourth-order valence-corrected chi connectivity index (χ4v) is 1.39. The molecule has 1 fully saturated rings. The summed E-state index contributed by atoms with van der Waals surface area (Å²) in [5.74, 6) is -1.49. The van der Waals surface area contributed by atoms with Gasteiger partial charge in [-0.2, -0.15) is 0 Å². The Morgan fingerprint density at radius 1 is 1.46 bits per heavy atom. The summed E-state index contributed by atoms with van der Waals surface area (Å²) in [6.07, 6.45) is 0.522. The Bertz CT molecular complexity index is 224. The molecule has 0 aliphatic carbocycles. The fraction of sp³-hybridized carbons (Fsp3) is 0.778. The second kappa shape index (κ2) is 3.87. The molecular formula is C9H14O4. The van der Waals surface area contributed by atoms with Crippen molar-refractivity contribution in [3.63, 3.8) is 0 Å². The van der Waals surface area contributed by atoms with Crippen molar-refractivity contribution in [2.24, 2.45) is 11.8 Å². The Balaban J connectivity index is 2.58. The number of cyclic esters (lactones) is 2. The number of hydrogen-bond donors (Lipinski definition) is 0. The molecule has 3 unspecified atom stereocenters. The molecule has 0 N–H and O–H groups in total. The van der Waals surface area contributed by atoms with Crippen LogP contribution in [0.25, 0.3) is 0 Å². The monoisotopic (exact) mass is 186 g/mol. The molecule has 0 spiro atoms. The van der Waals surface area contributed by atoms with Crippen molar-refractivity contribution in [3.05, 3.63) is 0 Å². The van der Waals surface area contributed by atoms with Gasteiger partial charge < -0.3 is 9.47 Å². The third-order valence-corrected chi connectivity index (χ3v) is 2.47. The first kappa shape index (κ1) is 10.2. The lowest BCUT2D eigenvalue weighted by Gasteiger charge is -2.13. The average molecular weight is 186 g/mol. The van der Waals surface area contributed by atoms with Gasteiger partial charge in [0.25, 0.3) is 0 Å². The van der Waals surface area contributed by atoms with Crippen LogP contribution in [0.15, 0.2) is 0 Å². The van der Waals surface area contributed by atoms with Crippen LogP contribution in [0.5, 0.6) is 0 Å². The first-order chi connectivity index (χ1) is 6.06. The lowest BCUT2D eigenvalue weighted by Crippen LogP contribution is -2.21. The van der Waals surface area contributed by atoms with Crippen molar-refractivity contribution in [3.8, 4) is 0 Å². The van der Waals surface area contributed by atoms with Gasteiger partial charge >= 0.3 is 11.9 Å². The standard InChI is InChI=1S/C9H14O4/c1-5(12-3)4-7-6(2)8(10)13-9(7)11/h5-7H,4H2,1-3H3. The van der Waals surface area contributed by atoms with Crippen LogP contribution < -0.4 is 0 Å². The number of carbonyl (C=O) groups excluding carboxylic acids is 2. The van der Waals surface area contributed by atoms with Crippen molar-refractivity contribution in [1.82, 2.24) is 0 Å². The van der Waals surface area contributed by atoms with E-state index in [1.165, 1.54) is 0 Å². The van der Waals surface area contributed by atoms with Gasteiger partial charge in [0.2, 0.25) is 0 Å². The van der Waals surface area contributed by atoms with Crippen LogP contribution in [-0.2, 0) is 19.1 Å². The van der Waals surface area contributed by atoms with Crippen LogP contribution in [0.2, 0.25) is 0 Å². The second-order valence-electron chi connectivity index (χ2n) is 3.42. The largest absolute Gasteiger partial charge is 0.393 e. The molecule has 1 aliphatic heterocycles. The molecular weight excluding hydrogens is 172 g/mol. The summed E-state index contributed by atoms with van der Waals surface area (Å²) in [5, 5.41) is 0. The van der Waals surface area contributed by atoms with Crippen molar-refractivity contribution < 1.29 is 19.1 Å². The number of esters is 2. The van der Waals surface area contributed by atoms with Gasteiger partial charge in [0.15, 0.2) is 0 Å². The lowest BCUT2D eigenvalue weighted by atomic mass is 9.91. The van der Waals surface area contributed by atoms with E-state index in [2.05, 4.69) is 4.74 Å². The summed E-state index contributed by atoms with van der Waals surface area (Å²) in [6.45, 7) is 3.57. The highest BCUT2D eigenvalue weighted by Gasteiger charge is 2.41. The molecule has 13 heavy (non-hydrogen) atoms. The zero-order valence-corrected chi connectivity index (χ0v) is 8.07. The van der Waals surface area contributed by atoms with E-state index in [0.29, 0.717) is 6.42 Å². The quantitative estimate of drug-likeness (QED) is 0.482. The van der Waals surface area contributed by atoms with Crippen molar-refractivity contribution in [2.45, 2.75) is 26.4 Å². The number of carbonyl (C=O) groups is 2. The smallest absolute Gasteiger partial charge is 0.317 e. The highest BCUT2D eigenvalue weighted by Crippen LogP contribution is 2.27. The third-order valence-electron chi connectivity index (χ3n) is 2.47. The van der Waals surface area contributed by atoms with Crippen LogP contribution in [0.4, 0.5) is 0 Å². The molecule has 1 heterocycles. The first-order valence-corrected chi connectivity index (χ1v) is 4.34. The van der Waals surface area contributed by atoms with E-state index in [1.807, 2.05) is 6.92 Å². The van der Waals surface area contributed by atoms with Gasteiger partial charge in [-0.1, -0.05) is 6.92 Å². The Hall–Kier alpha value is -0.900. The minimum Gasteiger partial charge on any atom is -0.393 e. The maximum Gasteiger partial charge on any atom is 0.317 e. The predicted octanol–water partition coefficient (Wildman–Crippen LogP) is 0.747. The molecule has 0 aromatic rings. The van der Waals surface area contributed by atoms with E-state index >= 15 is 0 Å². The Labute approximate surface area is 77.2 Å². The molecule has 0 amide bonds. The third kappa shape index (κ3) is 2.06. The average Bonchev–Trinajstić information content (AvgIpc) is 2.32. The molecule has 0 aromatic heterocycles. The number of hydrogen-bond acceptors (Lipinski definition) is 4. The summed E-state index contributed by atoms with van der Waals surface area (Å²) >= 11 is 0. The van der Waals surface area contributed by atoms with E-state index in [0.717, 1.165) is 0 Å². The molecule has 0 radical (unpaired) electrons. The molecule has 74 valence electrons. The zero-order valence-electron chi connectivity index (χ0n) is 8.07. The van der Waals surface area contributed by atoms with Gasteiger partial charge in [-0.25, -0.2) is 0 Å². The molecule has 4 heteroatoms. The normalized spacial score (nSPS) is 30.4. The van der Waals surface area contributed by atoms with Crippen LogP contribution >= 0.6 is 0 Å². The van der Waals surface area contributed by atoms with Gasteiger partial charge in [0.1, 0.15) is 0 Å². The Kier molecular flexibility index (Phi) is 3.03.